The molecule has 1 aliphatic rings. The molecule has 4 aromatic rings. The minimum absolute atomic E-state index is 0.0385. The Hall–Kier alpha value is -3.39. The van der Waals surface area contributed by atoms with Crippen LogP contribution in [0.3, 0.4) is 0 Å². The van der Waals surface area contributed by atoms with Crippen LogP contribution in [0.2, 0.25) is 0 Å². The van der Waals surface area contributed by atoms with Crippen LogP contribution < -0.4 is 9.64 Å². The molecule has 8 heteroatoms. The fourth-order valence-corrected chi connectivity index (χ4v) is 5.00. The van der Waals surface area contributed by atoms with E-state index in [4.69, 9.17) is 9.72 Å². The van der Waals surface area contributed by atoms with Crippen LogP contribution in [-0.4, -0.2) is 58.9 Å². The smallest absolute Gasteiger partial charge is 0.254 e. The highest BCUT2D eigenvalue weighted by Gasteiger charge is 2.26. The van der Waals surface area contributed by atoms with Crippen molar-refractivity contribution in [2.45, 2.75) is 6.92 Å². The highest BCUT2D eigenvalue weighted by Crippen LogP contribution is 2.30. The van der Waals surface area contributed by atoms with Gasteiger partial charge in [-0.2, -0.15) is 5.10 Å². The zero-order valence-electron chi connectivity index (χ0n) is 18.4. The number of ether oxygens (including phenoxy) is 1. The highest BCUT2D eigenvalue weighted by atomic mass is 32.1. The molecular formula is C24H25N5O2S. The molecule has 1 aliphatic heterocycles. The van der Waals surface area contributed by atoms with Crippen molar-refractivity contribution in [3.8, 4) is 16.3 Å². The number of benzene rings is 1. The summed E-state index contributed by atoms with van der Waals surface area (Å²) in [5.74, 6) is 0.880. The first kappa shape index (κ1) is 20.5. The largest absolute Gasteiger partial charge is 0.497 e. The van der Waals surface area contributed by atoms with Gasteiger partial charge in [-0.15, -0.1) is 11.3 Å². The summed E-state index contributed by atoms with van der Waals surface area (Å²) in [4.78, 5) is 23.8. The SMILES string of the molecule is COc1cccc(N2CCN(C(=O)c3cc(-c4cccs4)nc4c3c(C)nn4C)CC2)c1. The average Bonchev–Trinajstić information content (AvgIpc) is 3.47. The second kappa shape index (κ2) is 8.27. The fourth-order valence-electron chi connectivity index (χ4n) is 4.31. The molecule has 0 saturated carbocycles. The van der Waals surface area contributed by atoms with E-state index in [1.54, 1.807) is 23.1 Å². The maximum atomic E-state index is 13.7. The highest BCUT2D eigenvalue weighted by molar-refractivity contribution is 7.13. The molecule has 0 unspecified atom stereocenters. The van der Waals surface area contributed by atoms with E-state index in [-0.39, 0.29) is 5.91 Å². The summed E-state index contributed by atoms with van der Waals surface area (Å²) in [6.45, 7) is 4.81. The maximum absolute atomic E-state index is 13.7. The van der Waals surface area contributed by atoms with Crippen molar-refractivity contribution < 1.29 is 9.53 Å². The van der Waals surface area contributed by atoms with Gasteiger partial charge in [-0.25, -0.2) is 4.98 Å². The summed E-state index contributed by atoms with van der Waals surface area (Å²) in [6, 6.07) is 14.0. The van der Waals surface area contributed by atoms with Crippen LogP contribution in [0.4, 0.5) is 5.69 Å². The van der Waals surface area contributed by atoms with Gasteiger partial charge in [0, 0.05) is 45.0 Å². The molecule has 1 fully saturated rings. The number of thiophene rings is 1. The monoisotopic (exact) mass is 447 g/mol. The molecule has 0 radical (unpaired) electrons. The number of nitrogens with zero attached hydrogens (tertiary/aromatic N) is 5. The van der Waals surface area contributed by atoms with Crippen LogP contribution in [0.1, 0.15) is 16.1 Å². The molecule has 1 amide bonds. The minimum Gasteiger partial charge on any atom is -0.497 e. The van der Waals surface area contributed by atoms with E-state index < -0.39 is 0 Å². The molecule has 4 heterocycles. The van der Waals surface area contributed by atoms with Gasteiger partial charge >= 0.3 is 0 Å². The Kier molecular flexibility index (Phi) is 5.30. The molecule has 164 valence electrons. The molecule has 32 heavy (non-hydrogen) atoms. The molecule has 0 atom stereocenters. The number of carbonyl (C=O) groups is 1. The number of methoxy groups -OCH3 is 1. The summed E-state index contributed by atoms with van der Waals surface area (Å²) in [5, 5.41) is 7.40. The molecule has 0 bridgehead atoms. The van der Waals surface area contributed by atoms with Crippen LogP contribution in [-0.2, 0) is 7.05 Å². The molecular weight excluding hydrogens is 422 g/mol. The van der Waals surface area contributed by atoms with Crippen molar-refractivity contribution in [2.24, 2.45) is 7.05 Å². The van der Waals surface area contributed by atoms with Gasteiger partial charge in [-0.05, 0) is 36.6 Å². The maximum Gasteiger partial charge on any atom is 0.254 e. The van der Waals surface area contributed by atoms with Crippen LogP contribution in [0.5, 0.6) is 5.75 Å². The lowest BCUT2D eigenvalue weighted by Gasteiger charge is -2.36. The Bertz CT molecular complexity index is 1270. The Balaban J connectivity index is 1.44. The van der Waals surface area contributed by atoms with E-state index >= 15 is 0 Å². The number of fused-ring (bicyclic) bond motifs is 1. The zero-order valence-corrected chi connectivity index (χ0v) is 19.2. The standard InChI is InChI=1S/C24H25N5O2S/c1-16-22-19(15-20(21-8-5-13-32-21)25-23(22)27(2)26-16)24(30)29-11-9-28(10-12-29)17-6-4-7-18(14-17)31-3/h4-8,13-15H,9-12H2,1-3H3. The van der Waals surface area contributed by atoms with E-state index in [2.05, 4.69) is 16.1 Å². The molecule has 5 rings (SSSR count). The molecule has 0 spiro atoms. The van der Waals surface area contributed by atoms with E-state index in [1.807, 2.05) is 60.6 Å². The number of aromatic nitrogens is 3. The normalized spacial score (nSPS) is 14.2. The van der Waals surface area contributed by atoms with E-state index in [1.165, 1.54) is 0 Å². The Morgan fingerprint density at radius 2 is 1.91 bits per heavy atom. The second-order valence-corrected chi connectivity index (χ2v) is 8.87. The van der Waals surface area contributed by atoms with Gasteiger partial charge in [-0.1, -0.05) is 12.1 Å². The van der Waals surface area contributed by atoms with Gasteiger partial charge in [0.25, 0.3) is 5.91 Å². The molecule has 3 aromatic heterocycles. The number of hydrogen-bond acceptors (Lipinski definition) is 6. The Labute approximate surface area is 190 Å². The number of piperazine rings is 1. The molecule has 1 aromatic carbocycles. The lowest BCUT2D eigenvalue weighted by atomic mass is 10.1. The number of carbonyl (C=O) groups excluding carboxylic acids is 1. The van der Waals surface area contributed by atoms with Crippen molar-refractivity contribution >= 4 is 34.0 Å². The van der Waals surface area contributed by atoms with E-state index in [9.17, 15) is 4.79 Å². The van der Waals surface area contributed by atoms with Gasteiger partial charge in [0.2, 0.25) is 0 Å². The van der Waals surface area contributed by atoms with Gasteiger partial charge in [0.15, 0.2) is 5.65 Å². The topological polar surface area (TPSA) is 63.5 Å². The van der Waals surface area contributed by atoms with Gasteiger partial charge in [0.05, 0.1) is 34.3 Å². The Morgan fingerprint density at radius 3 is 2.62 bits per heavy atom. The van der Waals surface area contributed by atoms with Gasteiger partial charge < -0.3 is 14.5 Å². The number of pyridine rings is 1. The first-order valence-corrected chi connectivity index (χ1v) is 11.5. The third-order valence-electron chi connectivity index (χ3n) is 5.96. The van der Waals surface area contributed by atoms with Crippen LogP contribution in [0.15, 0.2) is 47.8 Å². The minimum atomic E-state index is 0.0385. The van der Waals surface area contributed by atoms with Crippen molar-refractivity contribution in [1.82, 2.24) is 19.7 Å². The van der Waals surface area contributed by atoms with Crippen molar-refractivity contribution in [2.75, 3.05) is 38.2 Å². The summed E-state index contributed by atoms with van der Waals surface area (Å²) in [6.07, 6.45) is 0. The fraction of sp³-hybridized carbons (Fsp3) is 0.292. The number of anilines is 1. The molecule has 0 N–H and O–H groups in total. The lowest BCUT2D eigenvalue weighted by Crippen LogP contribution is -2.48. The summed E-state index contributed by atoms with van der Waals surface area (Å²) in [7, 11) is 3.55. The summed E-state index contributed by atoms with van der Waals surface area (Å²) >= 11 is 1.62. The van der Waals surface area contributed by atoms with Crippen LogP contribution >= 0.6 is 11.3 Å². The number of rotatable bonds is 4. The molecule has 1 saturated heterocycles. The van der Waals surface area contributed by atoms with Crippen molar-refractivity contribution in [1.29, 1.82) is 0 Å². The predicted octanol–water partition coefficient (Wildman–Crippen LogP) is 3.98. The van der Waals surface area contributed by atoms with E-state index in [0.717, 1.165) is 51.8 Å². The zero-order chi connectivity index (χ0) is 22.2. The summed E-state index contributed by atoms with van der Waals surface area (Å²) in [5.41, 5.74) is 4.18. The first-order chi connectivity index (χ1) is 15.5. The van der Waals surface area contributed by atoms with E-state index in [0.29, 0.717) is 18.7 Å². The van der Waals surface area contributed by atoms with Crippen LogP contribution in [0.25, 0.3) is 21.6 Å². The summed E-state index contributed by atoms with van der Waals surface area (Å²) < 4.78 is 7.12. The first-order valence-electron chi connectivity index (χ1n) is 10.6. The average molecular weight is 448 g/mol. The van der Waals surface area contributed by atoms with Gasteiger partial charge in [-0.3, -0.25) is 9.48 Å². The third kappa shape index (κ3) is 3.60. The number of hydrogen-bond donors (Lipinski definition) is 0. The number of aryl methyl sites for hydroxylation is 2. The lowest BCUT2D eigenvalue weighted by molar-refractivity contribution is 0.0748. The Morgan fingerprint density at radius 1 is 1.09 bits per heavy atom. The predicted molar refractivity (Wildman–Crippen MR) is 128 cm³/mol. The third-order valence-corrected chi connectivity index (χ3v) is 6.85. The van der Waals surface area contributed by atoms with Crippen molar-refractivity contribution in [3.63, 3.8) is 0 Å². The quantitative estimate of drug-likeness (QED) is 0.474. The van der Waals surface area contributed by atoms with Crippen LogP contribution in [0, 0.1) is 6.92 Å². The van der Waals surface area contributed by atoms with Gasteiger partial charge in [0.1, 0.15) is 5.75 Å². The number of amides is 1. The van der Waals surface area contributed by atoms with Crippen molar-refractivity contribution in [3.05, 3.63) is 59.1 Å². The molecule has 0 aliphatic carbocycles. The second-order valence-electron chi connectivity index (χ2n) is 7.92. The molecule has 7 nitrogen and oxygen atoms in total.